The highest BCUT2D eigenvalue weighted by Gasteiger charge is 2.21. The van der Waals surface area contributed by atoms with Crippen molar-refractivity contribution < 1.29 is 19.2 Å². The number of esters is 1. The number of para-hydroxylation sites is 2. The van der Waals surface area contributed by atoms with Gasteiger partial charge in [-0.25, -0.2) is 9.59 Å². The van der Waals surface area contributed by atoms with Crippen LogP contribution in [0, 0.1) is 10.1 Å². The van der Waals surface area contributed by atoms with Gasteiger partial charge in [-0.15, -0.1) is 0 Å². The standard InChI is InChI=1S/C18H17N3O6/c1-3-19-13-6-4-5-7-14(13)20(18(19)23)11-17(22)27-16-9-8-12(26-2)10-15(16)21(24)25/h4-10H,3,11H2,1-2H3. The summed E-state index contributed by atoms with van der Waals surface area (Å²) < 4.78 is 12.9. The number of hydrogen-bond donors (Lipinski definition) is 0. The summed E-state index contributed by atoms with van der Waals surface area (Å²) in [5.74, 6) is -0.730. The van der Waals surface area contributed by atoms with E-state index in [0.29, 0.717) is 17.6 Å². The quantitative estimate of drug-likeness (QED) is 0.285. The van der Waals surface area contributed by atoms with Crippen LogP contribution in [-0.4, -0.2) is 27.1 Å². The Bertz CT molecular complexity index is 1080. The van der Waals surface area contributed by atoms with Gasteiger partial charge in [0.05, 0.1) is 29.1 Å². The highest BCUT2D eigenvalue weighted by Crippen LogP contribution is 2.31. The van der Waals surface area contributed by atoms with Crippen LogP contribution >= 0.6 is 0 Å². The lowest BCUT2D eigenvalue weighted by Gasteiger charge is -2.07. The van der Waals surface area contributed by atoms with Gasteiger partial charge in [-0.1, -0.05) is 12.1 Å². The summed E-state index contributed by atoms with van der Waals surface area (Å²) in [5, 5.41) is 11.2. The Morgan fingerprint density at radius 2 is 1.81 bits per heavy atom. The van der Waals surface area contributed by atoms with Crippen LogP contribution in [0.5, 0.6) is 11.5 Å². The third-order valence-corrected chi connectivity index (χ3v) is 4.12. The lowest BCUT2D eigenvalue weighted by atomic mass is 10.3. The zero-order valence-corrected chi connectivity index (χ0v) is 14.7. The summed E-state index contributed by atoms with van der Waals surface area (Å²) in [6.07, 6.45) is 0. The summed E-state index contributed by atoms with van der Waals surface area (Å²) in [6.45, 7) is 1.91. The molecular weight excluding hydrogens is 354 g/mol. The average Bonchev–Trinajstić information content (AvgIpc) is 2.93. The summed E-state index contributed by atoms with van der Waals surface area (Å²) in [5.41, 5.74) is 0.546. The molecule has 0 aliphatic rings. The first-order valence-corrected chi connectivity index (χ1v) is 8.17. The number of methoxy groups -OCH3 is 1. The largest absolute Gasteiger partial charge is 0.496 e. The van der Waals surface area contributed by atoms with E-state index in [1.807, 2.05) is 6.92 Å². The van der Waals surface area contributed by atoms with Gasteiger partial charge in [0.15, 0.2) is 0 Å². The van der Waals surface area contributed by atoms with Crippen molar-refractivity contribution in [2.45, 2.75) is 20.0 Å². The maximum absolute atomic E-state index is 12.6. The predicted molar refractivity (Wildman–Crippen MR) is 97.2 cm³/mol. The van der Waals surface area contributed by atoms with Crippen LogP contribution in [0.15, 0.2) is 47.3 Å². The number of aromatic nitrogens is 2. The molecule has 0 atom stereocenters. The van der Waals surface area contributed by atoms with Crippen molar-refractivity contribution in [2.24, 2.45) is 0 Å². The topological polar surface area (TPSA) is 106 Å². The molecule has 2 aromatic carbocycles. The molecule has 27 heavy (non-hydrogen) atoms. The first kappa shape index (κ1) is 18.2. The molecule has 0 amide bonds. The van der Waals surface area contributed by atoms with Gasteiger partial charge in [-0.3, -0.25) is 19.2 Å². The van der Waals surface area contributed by atoms with E-state index < -0.39 is 16.6 Å². The zero-order valence-electron chi connectivity index (χ0n) is 14.7. The van der Waals surface area contributed by atoms with Crippen LogP contribution in [0.4, 0.5) is 5.69 Å². The monoisotopic (exact) mass is 371 g/mol. The van der Waals surface area contributed by atoms with Gasteiger partial charge in [0.25, 0.3) is 0 Å². The molecule has 1 aromatic heterocycles. The molecule has 0 saturated carbocycles. The molecule has 3 rings (SSSR count). The third-order valence-electron chi connectivity index (χ3n) is 4.12. The fourth-order valence-electron chi connectivity index (χ4n) is 2.87. The maximum atomic E-state index is 12.6. The molecule has 0 radical (unpaired) electrons. The molecule has 0 aliphatic heterocycles. The van der Waals surface area contributed by atoms with Crippen LogP contribution in [0.1, 0.15) is 6.92 Å². The van der Waals surface area contributed by atoms with Gasteiger partial charge in [0.1, 0.15) is 12.3 Å². The van der Waals surface area contributed by atoms with Crippen LogP contribution in [0.25, 0.3) is 11.0 Å². The van der Waals surface area contributed by atoms with E-state index in [2.05, 4.69) is 0 Å². The zero-order chi connectivity index (χ0) is 19.6. The molecule has 0 fully saturated rings. The number of nitrogens with zero attached hydrogens (tertiary/aromatic N) is 3. The SMILES string of the molecule is CCn1c(=O)n(CC(=O)Oc2ccc(OC)cc2[N+](=O)[O-])c2ccccc21. The Morgan fingerprint density at radius 3 is 2.41 bits per heavy atom. The van der Waals surface area contributed by atoms with E-state index in [1.165, 1.54) is 23.8 Å². The smallest absolute Gasteiger partial charge is 0.331 e. The van der Waals surface area contributed by atoms with Crippen molar-refractivity contribution in [2.75, 3.05) is 7.11 Å². The highest BCUT2D eigenvalue weighted by molar-refractivity contribution is 5.80. The maximum Gasteiger partial charge on any atom is 0.331 e. The third kappa shape index (κ3) is 3.39. The Balaban J connectivity index is 1.92. The molecule has 9 nitrogen and oxygen atoms in total. The van der Waals surface area contributed by atoms with Crippen LogP contribution in [-0.2, 0) is 17.9 Å². The molecule has 0 aliphatic carbocycles. The number of carbonyl (C=O) groups excluding carboxylic acids is 1. The van der Waals surface area contributed by atoms with Gasteiger partial charge in [-0.05, 0) is 31.2 Å². The molecule has 1 heterocycles. The molecule has 0 spiro atoms. The Labute approximate surface area is 153 Å². The fraction of sp³-hybridized carbons (Fsp3) is 0.222. The van der Waals surface area contributed by atoms with Crippen molar-refractivity contribution >= 4 is 22.7 Å². The summed E-state index contributed by atoms with van der Waals surface area (Å²) in [6, 6.07) is 11.0. The molecule has 0 N–H and O–H groups in total. The first-order chi connectivity index (χ1) is 13.0. The fourth-order valence-corrected chi connectivity index (χ4v) is 2.87. The second-order valence-corrected chi connectivity index (χ2v) is 5.67. The number of imidazole rings is 1. The molecule has 9 heteroatoms. The number of rotatable bonds is 6. The normalized spacial score (nSPS) is 10.7. The second kappa shape index (κ2) is 7.32. The van der Waals surface area contributed by atoms with E-state index in [0.717, 1.165) is 6.07 Å². The number of nitro groups is 1. The number of hydrogen-bond acceptors (Lipinski definition) is 6. The van der Waals surface area contributed by atoms with Crippen molar-refractivity contribution in [3.63, 3.8) is 0 Å². The Hall–Kier alpha value is -3.62. The van der Waals surface area contributed by atoms with Crippen LogP contribution < -0.4 is 15.2 Å². The average molecular weight is 371 g/mol. The lowest BCUT2D eigenvalue weighted by molar-refractivity contribution is -0.385. The van der Waals surface area contributed by atoms with Gasteiger partial charge in [0.2, 0.25) is 5.75 Å². The van der Waals surface area contributed by atoms with Gasteiger partial charge >= 0.3 is 17.3 Å². The minimum absolute atomic E-state index is 0.210. The Morgan fingerprint density at radius 1 is 1.15 bits per heavy atom. The number of carbonyl (C=O) groups is 1. The summed E-state index contributed by atoms with van der Waals surface area (Å²) >= 11 is 0. The van der Waals surface area contributed by atoms with Crippen LogP contribution in [0.3, 0.4) is 0 Å². The van der Waals surface area contributed by atoms with Crippen LogP contribution in [0.2, 0.25) is 0 Å². The van der Waals surface area contributed by atoms with E-state index in [9.17, 15) is 19.7 Å². The van der Waals surface area contributed by atoms with Crippen molar-refractivity contribution in [1.82, 2.24) is 9.13 Å². The highest BCUT2D eigenvalue weighted by atomic mass is 16.6. The summed E-state index contributed by atoms with van der Waals surface area (Å²) in [4.78, 5) is 35.5. The molecule has 0 bridgehead atoms. The first-order valence-electron chi connectivity index (χ1n) is 8.17. The van der Waals surface area contributed by atoms with Gasteiger partial charge in [0, 0.05) is 6.54 Å². The van der Waals surface area contributed by atoms with Crippen molar-refractivity contribution in [3.05, 3.63) is 63.1 Å². The second-order valence-electron chi connectivity index (χ2n) is 5.67. The van der Waals surface area contributed by atoms with E-state index >= 15 is 0 Å². The van der Waals surface area contributed by atoms with E-state index in [1.54, 1.807) is 28.8 Å². The molecule has 140 valence electrons. The molecule has 3 aromatic rings. The number of fused-ring (bicyclic) bond motifs is 1. The lowest BCUT2D eigenvalue weighted by Crippen LogP contribution is -2.28. The molecule has 0 unspecified atom stereocenters. The number of nitro benzene ring substituents is 1. The van der Waals surface area contributed by atoms with Crippen molar-refractivity contribution in [3.8, 4) is 11.5 Å². The predicted octanol–water partition coefficient (Wildman–Crippen LogP) is 2.35. The Kier molecular flexibility index (Phi) is 4.93. The van der Waals surface area contributed by atoms with Gasteiger partial charge < -0.3 is 9.47 Å². The molecular formula is C18H17N3O6. The number of benzene rings is 2. The molecule has 0 saturated heterocycles. The minimum atomic E-state index is -0.788. The van der Waals surface area contributed by atoms with Crippen molar-refractivity contribution in [1.29, 1.82) is 0 Å². The summed E-state index contributed by atoms with van der Waals surface area (Å²) in [7, 11) is 1.38. The van der Waals surface area contributed by atoms with E-state index in [4.69, 9.17) is 9.47 Å². The number of ether oxygens (including phenoxy) is 2. The van der Waals surface area contributed by atoms with Gasteiger partial charge in [-0.2, -0.15) is 0 Å². The number of aryl methyl sites for hydroxylation is 1. The van der Waals surface area contributed by atoms with E-state index in [-0.39, 0.29) is 23.7 Å². The minimum Gasteiger partial charge on any atom is -0.496 e.